The van der Waals surface area contributed by atoms with Crippen LogP contribution in [0.15, 0.2) is 18.2 Å². The number of nitrogens with zero attached hydrogens (tertiary/aromatic N) is 2. The first-order valence-corrected chi connectivity index (χ1v) is 5.98. The Kier molecular flexibility index (Phi) is 3.48. The summed E-state index contributed by atoms with van der Waals surface area (Å²) in [6, 6.07) is 4.20. The summed E-state index contributed by atoms with van der Waals surface area (Å²) in [5, 5.41) is 0.311. The highest BCUT2D eigenvalue weighted by atomic mass is 35.5. The minimum absolute atomic E-state index is 0.311. The molecule has 0 saturated heterocycles. The molecule has 3 nitrogen and oxygen atoms in total. The maximum absolute atomic E-state index is 13.3. The van der Waals surface area contributed by atoms with Gasteiger partial charge in [-0.1, -0.05) is 18.5 Å². The minimum Gasteiger partial charge on any atom is -0.383 e. The number of halogens is 2. The molecule has 18 heavy (non-hydrogen) atoms. The van der Waals surface area contributed by atoms with Gasteiger partial charge >= 0.3 is 0 Å². The molecule has 0 saturated carbocycles. The zero-order valence-electron chi connectivity index (χ0n) is 10.2. The molecule has 0 aliphatic rings. The highest BCUT2D eigenvalue weighted by Gasteiger charge is 2.10. The zero-order chi connectivity index (χ0) is 13.3. The summed E-state index contributed by atoms with van der Waals surface area (Å²) in [7, 11) is 0. The Morgan fingerprint density at radius 1 is 1.28 bits per heavy atom. The molecule has 0 amide bonds. The molecule has 0 fully saturated rings. The van der Waals surface area contributed by atoms with Crippen molar-refractivity contribution in [2.75, 3.05) is 5.73 Å². The van der Waals surface area contributed by atoms with Gasteiger partial charge in [0.05, 0.1) is 0 Å². The predicted molar refractivity (Wildman–Crippen MR) is 71.0 cm³/mol. The van der Waals surface area contributed by atoms with E-state index in [2.05, 4.69) is 9.97 Å². The Morgan fingerprint density at radius 3 is 2.61 bits per heavy atom. The third-order valence-corrected chi connectivity index (χ3v) is 2.96. The molecule has 1 heterocycles. The van der Waals surface area contributed by atoms with Crippen molar-refractivity contribution in [3.05, 3.63) is 40.3 Å². The van der Waals surface area contributed by atoms with E-state index < -0.39 is 5.82 Å². The molecule has 0 aliphatic carbocycles. The van der Waals surface area contributed by atoms with Crippen molar-refractivity contribution in [2.24, 2.45) is 0 Å². The Hall–Kier alpha value is -1.68. The van der Waals surface area contributed by atoms with Crippen molar-refractivity contribution in [3.8, 4) is 11.4 Å². The van der Waals surface area contributed by atoms with Crippen molar-refractivity contribution in [1.29, 1.82) is 0 Å². The maximum Gasteiger partial charge on any atom is 0.161 e. The fourth-order valence-corrected chi connectivity index (χ4v) is 1.96. The van der Waals surface area contributed by atoms with Gasteiger partial charge in [0.1, 0.15) is 11.6 Å². The quantitative estimate of drug-likeness (QED) is 0.906. The number of aromatic nitrogens is 2. The molecule has 2 rings (SSSR count). The summed E-state index contributed by atoms with van der Waals surface area (Å²) in [6.45, 7) is 3.85. The number of rotatable bonds is 2. The van der Waals surface area contributed by atoms with Crippen LogP contribution >= 0.6 is 11.6 Å². The normalized spacial score (nSPS) is 10.7. The molecule has 0 bridgehead atoms. The standard InChI is InChI=1S/C13H13ClFN3/c1-3-11-7(2)12(16)18-13(17-11)8-4-9(14)6-10(15)5-8/h4-6H,3H2,1-2H3,(H2,16,17,18). The average molecular weight is 266 g/mol. The maximum atomic E-state index is 13.3. The monoisotopic (exact) mass is 265 g/mol. The smallest absolute Gasteiger partial charge is 0.161 e. The molecule has 0 atom stereocenters. The first-order valence-electron chi connectivity index (χ1n) is 5.60. The Balaban J connectivity index is 2.60. The number of nitrogens with two attached hydrogens (primary N) is 1. The molecule has 2 aromatic rings. The summed E-state index contributed by atoms with van der Waals surface area (Å²) >= 11 is 5.82. The summed E-state index contributed by atoms with van der Waals surface area (Å²) in [5.74, 6) is 0.395. The van der Waals surface area contributed by atoms with E-state index in [1.807, 2.05) is 13.8 Å². The van der Waals surface area contributed by atoms with Crippen LogP contribution in [-0.4, -0.2) is 9.97 Å². The van der Waals surface area contributed by atoms with Gasteiger partial charge in [-0.05, 0) is 31.5 Å². The van der Waals surface area contributed by atoms with Gasteiger partial charge in [0.25, 0.3) is 0 Å². The molecule has 94 valence electrons. The van der Waals surface area contributed by atoms with Crippen LogP contribution in [0.5, 0.6) is 0 Å². The van der Waals surface area contributed by atoms with E-state index in [4.69, 9.17) is 17.3 Å². The van der Waals surface area contributed by atoms with Gasteiger partial charge in [-0.3, -0.25) is 0 Å². The lowest BCUT2D eigenvalue weighted by Gasteiger charge is -2.09. The van der Waals surface area contributed by atoms with Gasteiger partial charge in [0, 0.05) is 21.8 Å². The Morgan fingerprint density at radius 2 is 2.00 bits per heavy atom. The highest BCUT2D eigenvalue weighted by molar-refractivity contribution is 6.30. The van der Waals surface area contributed by atoms with Gasteiger partial charge in [0.15, 0.2) is 5.82 Å². The first-order chi connectivity index (χ1) is 8.51. The van der Waals surface area contributed by atoms with Crippen LogP contribution in [0.2, 0.25) is 5.02 Å². The van der Waals surface area contributed by atoms with Crippen molar-refractivity contribution >= 4 is 17.4 Å². The number of hydrogen-bond donors (Lipinski definition) is 1. The lowest BCUT2D eigenvalue weighted by atomic mass is 10.1. The van der Waals surface area contributed by atoms with Crippen LogP contribution in [0.3, 0.4) is 0 Å². The van der Waals surface area contributed by atoms with Gasteiger partial charge in [-0.2, -0.15) is 0 Å². The molecule has 5 heteroatoms. The molecule has 0 unspecified atom stereocenters. The molecular weight excluding hydrogens is 253 g/mol. The van der Waals surface area contributed by atoms with Crippen LogP contribution in [0.1, 0.15) is 18.2 Å². The fraction of sp³-hybridized carbons (Fsp3) is 0.231. The Bertz CT molecular complexity index is 579. The van der Waals surface area contributed by atoms with E-state index in [0.29, 0.717) is 22.2 Å². The van der Waals surface area contributed by atoms with Crippen LogP contribution < -0.4 is 5.73 Å². The highest BCUT2D eigenvalue weighted by Crippen LogP contribution is 2.24. The van der Waals surface area contributed by atoms with E-state index in [1.54, 1.807) is 6.07 Å². The summed E-state index contributed by atoms with van der Waals surface area (Å²) in [4.78, 5) is 8.56. The largest absolute Gasteiger partial charge is 0.383 e. The second-order valence-electron chi connectivity index (χ2n) is 4.02. The average Bonchev–Trinajstić information content (AvgIpc) is 2.31. The predicted octanol–water partition coefficient (Wildman–Crippen LogP) is 3.39. The van der Waals surface area contributed by atoms with E-state index in [1.165, 1.54) is 12.1 Å². The molecule has 2 N–H and O–H groups in total. The topological polar surface area (TPSA) is 51.8 Å². The van der Waals surface area contributed by atoms with E-state index >= 15 is 0 Å². The lowest BCUT2D eigenvalue weighted by Crippen LogP contribution is -2.04. The Labute approximate surface area is 110 Å². The summed E-state index contributed by atoms with van der Waals surface area (Å²) < 4.78 is 13.3. The lowest BCUT2D eigenvalue weighted by molar-refractivity contribution is 0.628. The third kappa shape index (κ3) is 2.43. The number of benzene rings is 1. The SMILES string of the molecule is CCc1nc(-c2cc(F)cc(Cl)c2)nc(N)c1C. The van der Waals surface area contributed by atoms with E-state index in [9.17, 15) is 4.39 Å². The van der Waals surface area contributed by atoms with Gasteiger partial charge in [-0.15, -0.1) is 0 Å². The van der Waals surface area contributed by atoms with Gasteiger partial charge in [-0.25, -0.2) is 14.4 Å². The van der Waals surface area contributed by atoms with Crippen molar-refractivity contribution < 1.29 is 4.39 Å². The molecule has 1 aromatic heterocycles. The van der Waals surface area contributed by atoms with Gasteiger partial charge < -0.3 is 5.73 Å². The molecule has 0 radical (unpaired) electrons. The van der Waals surface area contributed by atoms with E-state index in [0.717, 1.165) is 17.7 Å². The third-order valence-electron chi connectivity index (χ3n) is 2.74. The summed E-state index contributed by atoms with van der Waals surface area (Å²) in [5.41, 5.74) is 8.09. The number of aryl methyl sites for hydroxylation is 1. The second-order valence-corrected chi connectivity index (χ2v) is 4.45. The van der Waals surface area contributed by atoms with E-state index in [-0.39, 0.29) is 0 Å². The van der Waals surface area contributed by atoms with Gasteiger partial charge in [0.2, 0.25) is 0 Å². The number of nitrogen functional groups attached to an aromatic ring is 1. The summed E-state index contributed by atoms with van der Waals surface area (Å²) in [6.07, 6.45) is 0.745. The first kappa shape index (κ1) is 12.8. The van der Waals surface area contributed by atoms with Crippen molar-refractivity contribution in [1.82, 2.24) is 9.97 Å². The second kappa shape index (κ2) is 4.90. The van der Waals surface area contributed by atoms with Crippen LogP contribution in [-0.2, 0) is 6.42 Å². The fourth-order valence-electron chi connectivity index (χ4n) is 1.74. The molecule has 0 spiro atoms. The molecule has 0 aliphatic heterocycles. The molecular formula is C13H13ClFN3. The van der Waals surface area contributed by atoms with Crippen molar-refractivity contribution in [2.45, 2.75) is 20.3 Å². The number of anilines is 1. The van der Waals surface area contributed by atoms with Crippen LogP contribution in [0.25, 0.3) is 11.4 Å². The zero-order valence-corrected chi connectivity index (χ0v) is 10.9. The van der Waals surface area contributed by atoms with Crippen LogP contribution in [0.4, 0.5) is 10.2 Å². The van der Waals surface area contributed by atoms with Crippen LogP contribution in [0, 0.1) is 12.7 Å². The minimum atomic E-state index is -0.418. The van der Waals surface area contributed by atoms with Crippen molar-refractivity contribution in [3.63, 3.8) is 0 Å². The molecule has 1 aromatic carbocycles. The number of hydrogen-bond acceptors (Lipinski definition) is 3.